The molecule has 1 aliphatic rings. The van der Waals surface area contributed by atoms with Crippen molar-refractivity contribution in [2.24, 2.45) is 0 Å². The Morgan fingerprint density at radius 2 is 2.07 bits per heavy atom. The minimum atomic E-state index is -1.94. The summed E-state index contributed by atoms with van der Waals surface area (Å²) in [6, 6.07) is 6.13. The first kappa shape index (κ1) is 9.67. The lowest BCUT2D eigenvalue weighted by Crippen LogP contribution is -2.39. The number of aliphatic carboxylic acids is 1. The van der Waals surface area contributed by atoms with Crippen LogP contribution in [-0.4, -0.2) is 28.8 Å². The highest BCUT2D eigenvalue weighted by molar-refractivity contribution is 6.00. The van der Waals surface area contributed by atoms with Crippen LogP contribution < -0.4 is 0 Å². The van der Waals surface area contributed by atoms with Crippen LogP contribution in [0.3, 0.4) is 0 Å². The molecule has 5 heteroatoms. The first-order valence-corrected chi connectivity index (χ1v) is 4.29. The standard InChI is InChI=1S/C10H8O5/c11-5-10(9(13)14)7-4-2-1-3-6(7)8(12)15-10/h1-4,11H,5H2,(H,13,14). The average molecular weight is 208 g/mol. The highest BCUT2D eigenvalue weighted by atomic mass is 16.6. The lowest BCUT2D eigenvalue weighted by molar-refractivity contribution is -0.163. The molecule has 78 valence electrons. The van der Waals surface area contributed by atoms with Crippen molar-refractivity contribution < 1.29 is 24.5 Å². The number of ether oxygens (including phenoxy) is 1. The summed E-state index contributed by atoms with van der Waals surface area (Å²) < 4.78 is 4.74. The molecule has 2 N–H and O–H groups in total. The molecule has 0 fully saturated rings. The van der Waals surface area contributed by atoms with Gasteiger partial charge in [-0.2, -0.15) is 0 Å². The van der Waals surface area contributed by atoms with Crippen LogP contribution in [0.5, 0.6) is 0 Å². The summed E-state index contributed by atoms with van der Waals surface area (Å²) in [5, 5.41) is 18.1. The fourth-order valence-electron chi connectivity index (χ4n) is 1.63. The average Bonchev–Trinajstić information content (AvgIpc) is 2.54. The molecule has 0 radical (unpaired) electrons. The van der Waals surface area contributed by atoms with Crippen LogP contribution in [0.25, 0.3) is 0 Å². The van der Waals surface area contributed by atoms with E-state index in [2.05, 4.69) is 0 Å². The Balaban J connectivity index is 2.65. The van der Waals surface area contributed by atoms with E-state index in [9.17, 15) is 9.59 Å². The summed E-state index contributed by atoms with van der Waals surface area (Å²) >= 11 is 0. The molecule has 0 saturated carbocycles. The zero-order valence-corrected chi connectivity index (χ0v) is 7.64. The van der Waals surface area contributed by atoms with Crippen LogP contribution in [0.4, 0.5) is 0 Å². The number of fused-ring (bicyclic) bond motifs is 1. The van der Waals surface area contributed by atoms with E-state index in [0.29, 0.717) is 0 Å². The van der Waals surface area contributed by atoms with Crippen molar-refractivity contribution in [3.63, 3.8) is 0 Å². The van der Waals surface area contributed by atoms with Crippen molar-refractivity contribution in [1.82, 2.24) is 0 Å². The minimum absolute atomic E-state index is 0.189. The molecule has 1 atom stereocenters. The van der Waals surface area contributed by atoms with E-state index in [0.717, 1.165) is 0 Å². The number of aliphatic hydroxyl groups excluding tert-OH is 1. The smallest absolute Gasteiger partial charge is 0.355 e. The van der Waals surface area contributed by atoms with E-state index >= 15 is 0 Å². The molecular formula is C10H8O5. The largest absolute Gasteiger partial charge is 0.478 e. The van der Waals surface area contributed by atoms with Gasteiger partial charge in [0.25, 0.3) is 5.60 Å². The van der Waals surface area contributed by atoms with Crippen LogP contribution in [-0.2, 0) is 15.1 Å². The highest BCUT2D eigenvalue weighted by Crippen LogP contribution is 2.36. The maximum Gasteiger partial charge on any atom is 0.355 e. The van der Waals surface area contributed by atoms with Gasteiger partial charge in [-0.15, -0.1) is 0 Å². The van der Waals surface area contributed by atoms with Gasteiger partial charge in [-0.05, 0) is 6.07 Å². The molecule has 5 nitrogen and oxygen atoms in total. The summed E-state index contributed by atoms with van der Waals surface area (Å²) in [4.78, 5) is 22.4. The predicted molar refractivity (Wildman–Crippen MR) is 48.3 cm³/mol. The van der Waals surface area contributed by atoms with Crippen molar-refractivity contribution >= 4 is 11.9 Å². The Labute approximate surface area is 84.9 Å². The molecule has 0 bridgehead atoms. The maximum atomic E-state index is 11.3. The number of hydrogen-bond acceptors (Lipinski definition) is 4. The summed E-state index contributed by atoms with van der Waals surface area (Å²) in [5.74, 6) is -2.09. The Morgan fingerprint density at radius 1 is 1.40 bits per heavy atom. The number of esters is 1. The Kier molecular flexibility index (Phi) is 1.97. The second kappa shape index (κ2) is 3.06. The number of benzene rings is 1. The van der Waals surface area contributed by atoms with E-state index in [4.69, 9.17) is 14.9 Å². The predicted octanol–water partition coefficient (Wildman–Crippen LogP) is 0.129. The second-order valence-corrected chi connectivity index (χ2v) is 3.23. The SMILES string of the molecule is O=C1OC(CO)(C(=O)O)c2ccccc21. The zero-order chi connectivity index (χ0) is 11.1. The maximum absolute atomic E-state index is 11.3. The van der Waals surface area contributed by atoms with Gasteiger partial charge in [0.2, 0.25) is 0 Å². The van der Waals surface area contributed by atoms with Crippen molar-refractivity contribution in [3.05, 3.63) is 35.4 Å². The van der Waals surface area contributed by atoms with E-state index in [1.54, 1.807) is 12.1 Å². The van der Waals surface area contributed by atoms with Gasteiger partial charge in [0.15, 0.2) is 0 Å². The van der Waals surface area contributed by atoms with Gasteiger partial charge < -0.3 is 14.9 Å². The highest BCUT2D eigenvalue weighted by Gasteiger charge is 2.51. The molecular weight excluding hydrogens is 200 g/mol. The number of carbonyl (C=O) groups is 2. The van der Waals surface area contributed by atoms with Gasteiger partial charge in [0.1, 0.15) is 0 Å². The summed E-state index contributed by atoms with van der Waals surface area (Å²) in [6.45, 7) is -0.773. The van der Waals surface area contributed by atoms with Gasteiger partial charge >= 0.3 is 11.9 Å². The van der Waals surface area contributed by atoms with Crippen LogP contribution in [0.1, 0.15) is 15.9 Å². The van der Waals surface area contributed by atoms with E-state index in [1.165, 1.54) is 12.1 Å². The second-order valence-electron chi connectivity index (χ2n) is 3.23. The minimum Gasteiger partial charge on any atom is -0.478 e. The third-order valence-corrected chi connectivity index (χ3v) is 2.42. The molecule has 2 rings (SSSR count). The molecule has 1 aromatic carbocycles. The molecule has 1 aromatic rings. The van der Waals surface area contributed by atoms with Crippen molar-refractivity contribution in [3.8, 4) is 0 Å². The van der Waals surface area contributed by atoms with E-state index in [1.807, 2.05) is 0 Å². The van der Waals surface area contributed by atoms with Crippen molar-refractivity contribution in [1.29, 1.82) is 0 Å². The number of aliphatic hydroxyl groups is 1. The molecule has 0 aliphatic carbocycles. The van der Waals surface area contributed by atoms with Gasteiger partial charge in [0, 0.05) is 5.56 Å². The van der Waals surface area contributed by atoms with Crippen LogP contribution >= 0.6 is 0 Å². The number of carboxylic acids is 1. The summed E-state index contributed by atoms with van der Waals surface area (Å²) in [6.07, 6.45) is 0. The molecule has 1 unspecified atom stereocenters. The Hall–Kier alpha value is -1.88. The molecule has 0 spiro atoms. The lowest BCUT2D eigenvalue weighted by Gasteiger charge is -2.20. The molecule has 0 amide bonds. The van der Waals surface area contributed by atoms with Crippen LogP contribution in [0, 0.1) is 0 Å². The monoisotopic (exact) mass is 208 g/mol. The quantitative estimate of drug-likeness (QED) is 0.675. The molecule has 0 saturated heterocycles. The normalized spacial score (nSPS) is 23.4. The van der Waals surface area contributed by atoms with Crippen molar-refractivity contribution in [2.45, 2.75) is 5.60 Å². The lowest BCUT2D eigenvalue weighted by atomic mass is 9.93. The Bertz CT molecular complexity index is 439. The van der Waals surface area contributed by atoms with E-state index in [-0.39, 0.29) is 11.1 Å². The first-order chi connectivity index (χ1) is 7.12. The fraction of sp³-hybridized carbons (Fsp3) is 0.200. The zero-order valence-electron chi connectivity index (χ0n) is 7.64. The third-order valence-electron chi connectivity index (χ3n) is 2.42. The molecule has 15 heavy (non-hydrogen) atoms. The number of rotatable bonds is 2. The number of carbonyl (C=O) groups excluding carboxylic acids is 1. The number of hydrogen-bond donors (Lipinski definition) is 2. The third kappa shape index (κ3) is 1.13. The summed E-state index contributed by atoms with van der Waals surface area (Å²) in [7, 11) is 0. The number of carboxylic acid groups (broad SMARTS) is 1. The molecule has 1 heterocycles. The van der Waals surface area contributed by atoms with Crippen molar-refractivity contribution in [2.75, 3.05) is 6.61 Å². The van der Waals surface area contributed by atoms with Gasteiger partial charge in [0.05, 0.1) is 12.2 Å². The number of cyclic esters (lactones) is 1. The van der Waals surface area contributed by atoms with Crippen LogP contribution in [0.2, 0.25) is 0 Å². The molecule has 1 aliphatic heterocycles. The van der Waals surface area contributed by atoms with E-state index < -0.39 is 24.1 Å². The van der Waals surface area contributed by atoms with Gasteiger partial charge in [-0.1, -0.05) is 18.2 Å². The fourth-order valence-corrected chi connectivity index (χ4v) is 1.63. The first-order valence-electron chi connectivity index (χ1n) is 4.29. The van der Waals surface area contributed by atoms with Gasteiger partial charge in [-0.3, -0.25) is 0 Å². The van der Waals surface area contributed by atoms with Gasteiger partial charge in [-0.25, -0.2) is 9.59 Å². The van der Waals surface area contributed by atoms with Crippen LogP contribution in [0.15, 0.2) is 24.3 Å². The molecule has 0 aromatic heterocycles. The summed E-state index contributed by atoms with van der Waals surface area (Å²) in [5.41, 5.74) is -1.55. The Morgan fingerprint density at radius 3 is 2.67 bits per heavy atom. The topological polar surface area (TPSA) is 83.8 Å².